The number of aryl methyl sites for hydroxylation is 1. The fraction of sp³-hybridized carbons (Fsp3) is 0.357. The molecule has 0 bridgehead atoms. The number of nitrogens with one attached hydrogen (secondary N) is 1. The maximum Gasteiger partial charge on any atom is 0.208 e. The second-order valence-corrected chi connectivity index (χ2v) is 4.38. The molecule has 0 spiro atoms. The van der Waals surface area contributed by atoms with Crippen molar-refractivity contribution in [3.63, 3.8) is 0 Å². The Kier molecular flexibility index (Phi) is 4.16. The molecule has 0 aliphatic rings. The zero-order valence-electron chi connectivity index (χ0n) is 11.0. The summed E-state index contributed by atoms with van der Waals surface area (Å²) < 4.78 is 19.1. The quantitative estimate of drug-likeness (QED) is 0.871. The molecule has 19 heavy (non-hydrogen) atoms. The fourth-order valence-electron chi connectivity index (χ4n) is 1.81. The molecule has 4 nitrogen and oxygen atoms in total. The molecular formula is C14H17FN2O2. The van der Waals surface area contributed by atoms with Gasteiger partial charge in [0.25, 0.3) is 0 Å². The SMILES string of the molecule is CCc1cnc(CNC(C)c2ccc(O)cc2F)o1. The minimum absolute atomic E-state index is 0.0752. The number of benzene rings is 1. The largest absolute Gasteiger partial charge is 0.508 e. The molecule has 0 saturated carbocycles. The lowest BCUT2D eigenvalue weighted by Crippen LogP contribution is -2.19. The number of oxazole rings is 1. The average molecular weight is 264 g/mol. The van der Waals surface area contributed by atoms with Crippen molar-refractivity contribution in [2.75, 3.05) is 0 Å². The molecule has 2 N–H and O–H groups in total. The molecule has 0 aliphatic heterocycles. The van der Waals surface area contributed by atoms with Gasteiger partial charge in [-0.25, -0.2) is 9.37 Å². The van der Waals surface area contributed by atoms with Gasteiger partial charge in [-0.1, -0.05) is 13.0 Å². The van der Waals surface area contributed by atoms with Crippen LogP contribution in [-0.4, -0.2) is 10.1 Å². The Morgan fingerprint density at radius 2 is 2.26 bits per heavy atom. The maximum absolute atomic E-state index is 13.6. The number of phenols is 1. The van der Waals surface area contributed by atoms with Crippen LogP contribution in [0.3, 0.4) is 0 Å². The van der Waals surface area contributed by atoms with E-state index in [0.29, 0.717) is 18.0 Å². The third-order valence-electron chi connectivity index (χ3n) is 2.96. The van der Waals surface area contributed by atoms with Crippen LogP contribution in [0, 0.1) is 5.82 Å². The number of halogens is 1. The van der Waals surface area contributed by atoms with E-state index in [1.54, 1.807) is 12.3 Å². The minimum atomic E-state index is -0.429. The van der Waals surface area contributed by atoms with Gasteiger partial charge in [0.1, 0.15) is 17.3 Å². The van der Waals surface area contributed by atoms with Crippen molar-refractivity contribution < 1.29 is 13.9 Å². The van der Waals surface area contributed by atoms with E-state index in [-0.39, 0.29) is 11.8 Å². The Balaban J connectivity index is 1.98. The highest BCUT2D eigenvalue weighted by Crippen LogP contribution is 2.21. The summed E-state index contributed by atoms with van der Waals surface area (Å²) in [7, 11) is 0. The molecule has 0 saturated heterocycles. The average Bonchev–Trinajstić information content (AvgIpc) is 2.84. The topological polar surface area (TPSA) is 58.3 Å². The number of nitrogens with zero attached hydrogens (tertiary/aromatic N) is 1. The Morgan fingerprint density at radius 1 is 1.47 bits per heavy atom. The monoisotopic (exact) mass is 264 g/mol. The molecule has 1 heterocycles. The second-order valence-electron chi connectivity index (χ2n) is 4.38. The highest BCUT2D eigenvalue weighted by molar-refractivity contribution is 5.29. The molecule has 5 heteroatoms. The summed E-state index contributed by atoms with van der Waals surface area (Å²) >= 11 is 0. The third kappa shape index (κ3) is 3.32. The molecule has 102 valence electrons. The number of aromatic nitrogens is 1. The lowest BCUT2D eigenvalue weighted by Gasteiger charge is -2.13. The summed E-state index contributed by atoms with van der Waals surface area (Å²) in [6, 6.07) is 3.94. The van der Waals surface area contributed by atoms with Crippen LogP contribution >= 0.6 is 0 Å². The van der Waals surface area contributed by atoms with Crippen molar-refractivity contribution >= 4 is 0 Å². The van der Waals surface area contributed by atoms with E-state index < -0.39 is 5.82 Å². The van der Waals surface area contributed by atoms with Gasteiger partial charge >= 0.3 is 0 Å². The van der Waals surface area contributed by atoms with E-state index in [1.165, 1.54) is 6.07 Å². The molecule has 0 fully saturated rings. The molecule has 1 aromatic carbocycles. The van der Waals surface area contributed by atoms with Crippen molar-refractivity contribution in [1.29, 1.82) is 0 Å². The number of hydrogen-bond donors (Lipinski definition) is 2. The summed E-state index contributed by atoms with van der Waals surface area (Å²) in [4.78, 5) is 4.13. The number of phenolic OH excluding ortho intramolecular Hbond substituents is 1. The van der Waals surface area contributed by atoms with Gasteiger partial charge in [0.05, 0.1) is 12.7 Å². The minimum Gasteiger partial charge on any atom is -0.508 e. The predicted molar refractivity (Wildman–Crippen MR) is 69.2 cm³/mol. The van der Waals surface area contributed by atoms with Gasteiger partial charge in [-0.15, -0.1) is 0 Å². The normalized spacial score (nSPS) is 12.6. The van der Waals surface area contributed by atoms with E-state index in [1.807, 2.05) is 13.8 Å². The Labute approximate surface area is 111 Å². The molecule has 2 rings (SSSR count). The zero-order chi connectivity index (χ0) is 13.8. The van der Waals surface area contributed by atoms with Crippen LogP contribution in [-0.2, 0) is 13.0 Å². The zero-order valence-corrected chi connectivity index (χ0v) is 11.0. The first-order valence-corrected chi connectivity index (χ1v) is 6.25. The number of rotatable bonds is 5. The maximum atomic E-state index is 13.6. The van der Waals surface area contributed by atoms with Gasteiger partial charge in [0.2, 0.25) is 5.89 Å². The standard InChI is InChI=1S/C14H17FN2O2/c1-3-11-7-17-14(19-11)8-16-9(2)12-5-4-10(18)6-13(12)15/h4-7,9,16,18H,3,8H2,1-2H3. The predicted octanol–water partition coefficient (Wildman–Crippen LogP) is 2.93. The highest BCUT2D eigenvalue weighted by Gasteiger charge is 2.12. The van der Waals surface area contributed by atoms with E-state index in [9.17, 15) is 9.50 Å². The van der Waals surface area contributed by atoms with Crippen LogP contribution in [0.15, 0.2) is 28.8 Å². The van der Waals surface area contributed by atoms with Crippen molar-refractivity contribution in [1.82, 2.24) is 10.3 Å². The van der Waals surface area contributed by atoms with Crippen molar-refractivity contribution in [2.24, 2.45) is 0 Å². The molecule has 0 aliphatic carbocycles. The summed E-state index contributed by atoms with van der Waals surface area (Å²) in [5.41, 5.74) is 0.500. The van der Waals surface area contributed by atoms with E-state index >= 15 is 0 Å². The van der Waals surface area contributed by atoms with E-state index in [4.69, 9.17) is 4.42 Å². The lowest BCUT2D eigenvalue weighted by atomic mass is 10.1. The first-order chi connectivity index (χ1) is 9.10. The number of aromatic hydroxyl groups is 1. The van der Waals surface area contributed by atoms with Crippen LogP contribution in [0.2, 0.25) is 0 Å². The first kappa shape index (κ1) is 13.5. The van der Waals surface area contributed by atoms with Crippen LogP contribution in [0.25, 0.3) is 0 Å². The molecule has 0 radical (unpaired) electrons. The van der Waals surface area contributed by atoms with Gasteiger partial charge in [-0.05, 0) is 13.0 Å². The molecule has 1 aromatic heterocycles. The Bertz CT molecular complexity index is 554. The van der Waals surface area contributed by atoms with Gasteiger partial charge in [0.15, 0.2) is 0 Å². The first-order valence-electron chi connectivity index (χ1n) is 6.25. The van der Waals surface area contributed by atoms with Crippen LogP contribution in [0.5, 0.6) is 5.75 Å². The van der Waals surface area contributed by atoms with E-state index in [0.717, 1.165) is 18.2 Å². The molecule has 2 aromatic rings. The summed E-state index contributed by atoms with van der Waals surface area (Å²) in [5, 5.41) is 12.3. The lowest BCUT2D eigenvalue weighted by molar-refractivity contribution is 0.418. The van der Waals surface area contributed by atoms with Crippen molar-refractivity contribution in [2.45, 2.75) is 32.9 Å². The Hall–Kier alpha value is -1.88. The second kappa shape index (κ2) is 5.84. The number of hydrogen-bond acceptors (Lipinski definition) is 4. The molecule has 0 amide bonds. The summed E-state index contributed by atoms with van der Waals surface area (Å²) in [6.45, 7) is 4.27. The molecule has 1 atom stereocenters. The van der Waals surface area contributed by atoms with Gasteiger partial charge in [0, 0.05) is 24.1 Å². The summed E-state index contributed by atoms with van der Waals surface area (Å²) in [6.07, 6.45) is 2.50. The van der Waals surface area contributed by atoms with Crippen molar-refractivity contribution in [3.8, 4) is 5.75 Å². The van der Waals surface area contributed by atoms with Gasteiger partial charge in [-0.2, -0.15) is 0 Å². The van der Waals surface area contributed by atoms with Crippen LogP contribution < -0.4 is 5.32 Å². The molecule has 1 unspecified atom stereocenters. The van der Waals surface area contributed by atoms with Gasteiger partial charge < -0.3 is 14.8 Å². The fourth-order valence-corrected chi connectivity index (χ4v) is 1.81. The summed E-state index contributed by atoms with van der Waals surface area (Å²) in [5.74, 6) is 0.915. The third-order valence-corrected chi connectivity index (χ3v) is 2.96. The Morgan fingerprint density at radius 3 is 2.89 bits per heavy atom. The highest BCUT2D eigenvalue weighted by atomic mass is 19.1. The van der Waals surface area contributed by atoms with E-state index in [2.05, 4.69) is 10.3 Å². The van der Waals surface area contributed by atoms with Crippen LogP contribution in [0.1, 0.15) is 37.1 Å². The van der Waals surface area contributed by atoms with Crippen molar-refractivity contribution in [3.05, 3.63) is 47.4 Å². The molecular weight excluding hydrogens is 247 g/mol. The van der Waals surface area contributed by atoms with Gasteiger partial charge in [-0.3, -0.25) is 0 Å². The van der Waals surface area contributed by atoms with Crippen LogP contribution in [0.4, 0.5) is 4.39 Å². The smallest absolute Gasteiger partial charge is 0.208 e.